The van der Waals surface area contributed by atoms with E-state index in [9.17, 15) is 4.79 Å². The molecule has 2 rings (SSSR count). The van der Waals surface area contributed by atoms with Gasteiger partial charge in [-0.3, -0.25) is 4.79 Å². The van der Waals surface area contributed by atoms with E-state index < -0.39 is 0 Å². The monoisotopic (exact) mass is 294 g/mol. The molecule has 0 aliphatic rings. The first-order valence-electron chi connectivity index (χ1n) is 5.05. The Bertz CT molecular complexity index is 663. The predicted molar refractivity (Wildman–Crippen MR) is 70.3 cm³/mol. The minimum Gasteiger partial charge on any atom is -0.497 e. The van der Waals surface area contributed by atoms with E-state index in [1.807, 2.05) is 6.07 Å². The number of nitriles is 1. The second kappa shape index (κ2) is 5.69. The topological polar surface area (TPSA) is 72.2 Å². The summed E-state index contributed by atoms with van der Waals surface area (Å²) < 4.78 is 10.5. The summed E-state index contributed by atoms with van der Waals surface area (Å²) in [5.41, 5.74) is 0.396. The normalized spacial score (nSPS) is 9.74. The summed E-state index contributed by atoms with van der Waals surface area (Å²) in [6.45, 7) is 0. The van der Waals surface area contributed by atoms with E-state index >= 15 is 0 Å². The van der Waals surface area contributed by atoms with Crippen LogP contribution in [0.25, 0.3) is 0 Å². The number of carbonyl (C=O) groups is 1. The van der Waals surface area contributed by atoms with Gasteiger partial charge in [0.1, 0.15) is 16.4 Å². The van der Waals surface area contributed by atoms with Crippen molar-refractivity contribution in [3.05, 3.63) is 33.8 Å². The molecule has 2 aromatic rings. The quantitative estimate of drug-likeness (QED) is 0.809. The zero-order chi connectivity index (χ0) is 13.8. The van der Waals surface area contributed by atoms with Crippen LogP contribution in [0.4, 0.5) is 0 Å². The largest absolute Gasteiger partial charge is 0.497 e. The minimum absolute atomic E-state index is 0.0957. The highest BCUT2D eigenvalue weighted by Crippen LogP contribution is 2.32. The number of benzene rings is 1. The number of methoxy groups -OCH3 is 1. The molecule has 0 radical (unpaired) electrons. The van der Waals surface area contributed by atoms with Crippen molar-refractivity contribution >= 4 is 29.2 Å². The van der Waals surface area contributed by atoms with E-state index in [1.54, 1.807) is 18.2 Å². The first-order chi connectivity index (χ1) is 9.16. The molecule has 96 valence electrons. The van der Waals surface area contributed by atoms with Gasteiger partial charge in [0.25, 0.3) is 5.19 Å². The first-order valence-corrected chi connectivity index (χ1v) is 6.24. The Morgan fingerprint density at radius 2 is 2.16 bits per heavy atom. The van der Waals surface area contributed by atoms with E-state index in [1.165, 1.54) is 7.11 Å². The van der Waals surface area contributed by atoms with Crippen LogP contribution in [-0.4, -0.2) is 18.4 Å². The first kappa shape index (κ1) is 13.3. The minimum atomic E-state index is 0.0957. The van der Waals surface area contributed by atoms with Crippen molar-refractivity contribution in [1.29, 1.82) is 5.26 Å². The third-order valence-electron chi connectivity index (χ3n) is 2.15. The Hall–Kier alpha value is -2.10. The zero-order valence-corrected chi connectivity index (χ0v) is 11.3. The Balaban J connectivity index is 2.32. The maximum absolute atomic E-state index is 10.7. The summed E-state index contributed by atoms with van der Waals surface area (Å²) in [6, 6.07) is 6.73. The molecule has 0 spiro atoms. The number of aromatic nitrogens is 1. The number of halogens is 1. The van der Waals surface area contributed by atoms with Gasteiger partial charge in [0.05, 0.1) is 18.7 Å². The molecule has 0 saturated carbocycles. The second-order valence-electron chi connectivity index (χ2n) is 3.36. The smallest absolute Gasteiger partial charge is 0.280 e. The van der Waals surface area contributed by atoms with Crippen LogP contribution in [0.3, 0.4) is 0 Å². The van der Waals surface area contributed by atoms with Crippen molar-refractivity contribution < 1.29 is 14.3 Å². The van der Waals surface area contributed by atoms with Crippen LogP contribution in [0.1, 0.15) is 15.2 Å². The number of thiazole rings is 1. The van der Waals surface area contributed by atoms with Crippen LogP contribution >= 0.6 is 22.9 Å². The van der Waals surface area contributed by atoms with Crippen molar-refractivity contribution in [3.8, 4) is 22.8 Å². The molecule has 1 aromatic heterocycles. The zero-order valence-electron chi connectivity index (χ0n) is 9.71. The van der Waals surface area contributed by atoms with Crippen LogP contribution < -0.4 is 9.47 Å². The maximum Gasteiger partial charge on any atom is 0.280 e. The van der Waals surface area contributed by atoms with Crippen molar-refractivity contribution in [2.75, 3.05) is 7.11 Å². The molecule has 19 heavy (non-hydrogen) atoms. The Kier molecular flexibility index (Phi) is 4.00. The van der Waals surface area contributed by atoms with Crippen molar-refractivity contribution in [2.45, 2.75) is 0 Å². The van der Waals surface area contributed by atoms with Crippen molar-refractivity contribution in [3.63, 3.8) is 0 Å². The van der Waals surface area contributed by atoms with Gasteiger partial charge in [-0.1, -0.05) is 22.9 Å². The molecule has 1 aromatic carbocycles. The average Bonchev–Trinajstić information content (AvgIpc) is 2.78. The van der Waals surface area contributed by atoms with Gasteiger partial charge in [0.15, 0.2) is 11.4 Å². The number of hydrogen-bond donors (Lipinski definition) is 0. The molecule has 7 heteroatoms. The van der Waals surface area contributed by atoms with Gasteiger partial charge >= 0.3 is 0 Å². The highest BCUT2D eigenvalue weighted by molar-refractivity contribution is 7.15. The van der Waals surface area contributed by atoms with E-state index in [0.717, 1.165) is 11.3 Å². The number of hydrogen-bond acceptors (Lipinski definition) is 6. The summed E-state index contributed by atoms with van der Waals surface area (Å²) in [5, 5.41) is 9.21. The number of nitrogens with zero attached hydrogens (tertiary/aromatic N) is 2. The van der Waals surface area contributed by atoms with Gasteiger partial charge in [-0.25, -0.2) is 0 Å². The van der Waals surface area contributed by atoms with Crippen molar-refractivity contribution in [2.24, 2.45) is 0 Å². The van der Waals surface area contributed by atoms with E-state index in [0.29, 0.717) is 28.2 Å². The van der Waals surface area contributed by atoms with Gasteiger partial charge in [-0.15, -0.1) is 0 Å². The highest BCUT2D eigenvalue weighted by Gasteiger charge is 2.11. The van der Waals surface area contributed by atoms with Crippen LogP contribution in [0, 0.1) is 11.3 Å². The van der Waals surface area contributed by atoms with Crippen LogP contribution in [0.2, 0.25) is 5.15 Å². The van der Waals surface area contributed by atoms with Crippen LogP contribution in [0.15, 0.2) is 18.2 Å². The molecule has 0 aliphatic heterocycles. The third kappa shape index (κ3) is 3.02. The van der Waals surface area contributed by atoms with Gasteiger partial charge in [0.2, 0.25) is 0 Å². The Morgan fingerprint density at radius 3 is 2.74 bits per heavy atom. The highest BCUT2D eigenvalue weighted by atomic mass is 35.5. The van der Waals surface area contributed by atoms with Crippen molar-refractivity contribution in [1.82, 2.24) is 4.98 Å². The molecular weight excluding hydrogens is 288 g/mol. The van der Waals surface area contributed by atoms with Gasteiger partial charge < -0.3 is 9.47 Å². The summed E-state index contributed by atoms with van der Waals surface area (Å²) in [7, 11) is 1.49. The lowest BCUT2D eigenvalue weighted by molar-refractivity contribution is 0.112. The maximum atomic E-state index is 10.7. The standard InChI is InChI=1S/C12H7ClN2O3S/c1-17-8-2-7(5-14)3-9(4-8)18-12-15-11(13)10(6-16)19-12/h2-4,6H,1H3. The second-order valence-corrected chi connectivity index (χ2v) is 4.71. The fourth-order valence-corrected chi connectivity index (χ4v) is 2.25. The summed E-state index contributed by atoms with van der Waals surface area (Å²) in [6.07, 6.45) is 0.610. The fraction of sp³-hybridized carbons (Fsp3) is 0.0833. The summed E-state index contributed by atoms with van der Waals surface area (Å²) >= 11 is 6.76. The molecule has 0 aliphatic carbocycles. The summed E-state index contributed by atoms with van der Waals surface area (Å²) in [5.74, 6) is 0.881. The third-order valence-corrected chi connectivity index (χ3v) is 3.41. The Morgan fingerprint density at radius 1 is 1.42 bits per heavy atom. The molecule has 0 amide bonds. The molecule has 0 atom stereocenters. The van der Waals surface area contributed by atoms with Crippen LogP contribution in [0.5, 0.6) is 16.7 Å². The molecule has 1 heterocycles. The average molecular weight is 295 g/mol. The van der Waals surface area contributed by atoms with Crippen LogP contribution in [-0.2, 0) is 0 Å². The molecule has 0 N–H and O–H groups in total. The SMILES string of the molecule is COc1cc(C#N)cc(Oc2nc(Cl)c(C=O)s2)c1. The molecule has 0 saturated heterocycles. The van der Waals surface area contributed by atoms with Gasteiger partial charge in [-0.2, -0.15) is 10.2 Å². The molecule has 5 nitrogen and oxygen atoms in total. The van der Waals surface area contributed by atoms with Gasteiger partial charge in [0, 0.05) is 6.07 Å². The molecule has 0 bridgehead atoms. The van der Waals surface area contributed by atoms with E-state index in [4.69, 9.17) is 26.3 Å². The lowest BCUT2D eigenvalue weighted by Crippen LogP contribution is -1.88. The molecule has 0 unspecified atom stereocenters. The number of rotatable bonds is 4. The lowest BCUT2D eigenvalue weighted by Gasteiger charge is -2.05. The number of aldehydes is 1. The fourth-order valence-electron chi connectivity index (χ4n) is 1.32. The lowest BCUT2D eigenvalue weighted by atomic mass is 10.2. The molecule has 0 fully saturated rings. The van der Waals surface area contributed by atoms with E-state index in [2.05, 4.69) is 4.98 Å². The van der Waals surface area contributed by atoms with E-state index in [-0.39, 0.29) is 10.3 Å². The number of ether oxygens (including phenoxy) is 2. The number of carbonyl (C=O) groups excluding carboxylic acids is 1. The molecular formula is C12H7ClN2O3S. The Labute approximate surface area is 118 Å². The summed E-state index contributed by atoms with van der Waals surface area (Å²) in [4.78, 5) is 14.8. The predicted octanol–water partition coefficient (Wildman–Crippen LogP) is 3.28. The van der Waals surface area contributed by atoms with Gasteiger partial charge in [-0.05, 0) is 12.1 Å².